The molecule has 1 aliphatic carbocycles. The lowest BCUT2D eigenvalue weighted by Gasteiger charge is -2.25. The van der Waals surface area contributed by atoms with Crippen molar-refractivity contribution in [2.75, 3.05) is 5.32 Å². The van der Waals surface area contributed by atoms with Crippen LogP contribution in [0.25, 0.3) is 0 Å². The molecule has 0 heterocycles. The van der Waals surface area contributed by atoms with E-state index < -0.39 is 12.0 Å². The summed E-state index contributed by atoms with van der Waals surface area (Å²) in [5, 5.41) is 14.7. The van der Waals surface area contributed by atoms with Crippen molar-refractivity contribution in [3.8, 4) is 0 Å². The predicted octanol–water partition coefficient (Wildman–Crippen LogP) is 3.49. The SMILES string of the molecule is CC1(NC(=O)Nc2cccc(Cl)c2C(=O)O)CCCC1. The number of aromatic carboxylic acids is 1. The van der Waals surface area contributed by atoms with Crippen molar-refractivity contribution in [2.24, 2.45) is 0 Å². The molecule has 0 aliphatic heterocycles. The largest absolute Gasteiger partial charge is 0.478 e. The fraction of sp³-hybridized carbons (Fsp3) is 0.429. The average Bonchev–Trinajstić information content (AvgIpc) is 2.74. The molecule has 1 aromatic carbocycles. The molecule has 0 aromatic heterocycles. The van der Waals surface area contributed by atoms with Gasteiger partial charge in [0.15, 0.2) is 0 Å². The molecule has 0 atom stereocenters. The molecule has 2 rings (SSSR count). The number of urea groups is 1. The first-order chi connectivity index (χ1) is 9.41. The Morgan fingerprint density at radius 2 is 1.95 bits per heavy atom. The van der Waals surface area contributed by atoms with Gasteiger partial charge in [0.1, 0.15) is 5.56 Å². The lowest BCUT2D eigenvalue weighted by Crippen LogP contribution is -2.45. The number of benzene rings is 1. The molecule has 0 spiro atoms. The third-order valence-corrected chi connectivity index (χ3v) is 3.91. The van der Waals surface area contributed by atoms with Gasteiger partial charge >= 0.3 is 12.0 Å². The number of rotatable bonds is 3. The number of carboxylic acid groups (broad SMARTS) is 1. The minimum Gasteiger partial charge on any atom is -0.478 e. The number of nitrogens with one attached hydrogen (secondary N) is 2. The monoisotopic (exact) mass is 296 g/mol. The summed E-state index contributed by atoms with van der Waals surface area (Å²) in [4.78, 5) is 23.2. The van der Waals surface area contributed by atoms with Gasteiger partial charge in [-0.25, -0.2) is 9.59 Å². The van der Waals surface area contributed by atoms with Gasteiger partial charge in [0.05, 0.1) is 10.7 Å². The maximum Gasteiger partial charge on any atom is 0.339 e. The standard InChI is InChI=1S/C14H17ClN2O3/c1-14(7-2-3-8-14)17-13(20)16-10-6-4-5-9(15)11(10)12(18)19/h4-6H,2-3,7-8H2,1H3,(H,18,19)(H2,16,17,20). The zero-order valence-electron chi connectivity index (χ0n) is 11.2. The second-order valence-electron chi connectivity index (χ2n) is 5.31. The van der Waals surface area contributed by atoms with Crippen LogP contribution in [-0.2, 0) is 0 Å². The zero-order valence-corrected chi connectivity index (χ0v) is 12.0. The van der Waals surface area contributed by atoms with Gasteiger partial charge in [-0.1, -0.05) is 30.5 Å². The molecule has 0 saturated heterocycles. The summed E-state index contributed by atoms with van der Waals surface area (Å²) in [6.07, 6.45) is 4.05. The van der Waals surface area contributed by atoms with E-state index in [0.717, 1.165) is 25.7 Å². The number of amides is 2. The Morgan fingerprint density at radius 3 is 2.55 bits per heavy atom. The Morgan fingerprint density at radius 1 is 1.30 bits per heavy atom. The van der Waals surface area contributed by atoms with E-state index in [9.17, 15) is 9.59 Å². The smallest absolute Gasteiger partial charge is 0.339 e. The number of carboxylic acids is 1. The molecule has 2 amide bonds. The summed E-state index contributed by atoms with van der Waals surface area (Å²) in [7, 11) is 0. The van der Waals surface area contributed by atoms with Gasteiger partial charge in [0.2, 0.25) is 0 Å². The Kier molecular flexibility index (Phi) is 4.18. The normalized spacial score (nSPS) is 16.7. The summed E-state index contributed by atoms with van der Waals surface area (Å²) in [5.74, 6) is -1.17. The minimum atomic E-state index is -1.17. The Hall–Kier alpha value is -1.75. The topological polar surface area (TPSA) is 78.4 Å². The van der Waals surface area contributed by atoms with Gasteiger partial charge in [-0.3, -0.25) is 0 Å². The van der Waals surface area contributed by atoms with Crippen LogP contribution in [0.3, 0.4) is 0 Å². The maximum atomic E-state index is 12.0. The van der Waals surface area contributed by atoms with Gasteiger partial charge in [-0.2, -0.15) is 0 Å². The Balaban J connectivity index is 2.12. The van der Waals surface area contributed by atoms with Crippen molar-refractivity contribution in [2.45, 2.75) is 38.1 Å². The number of carbonyl (C=O) groups is 2. The second kappa shape index (κ2) is 5.71. The summed E-state index contributed by atoms with van der Waals surface area (Å²) in [5.41, 5.74) is -0.114. The van der Waals surface area contributed by atoms with Gasteiger partial charge in [-0.05, 0) is 31.9 Å². The van der Waals surface area contributed by atoms with Crippen LogP contribution in [0.5, 0.6) is 0 Å². The predicted molar refractivity (Wildman–Crippen MR) is 77.4 cm³/mol. The molecule has 20 heavy (non-hydrogen) atoms. The Bertz CT molecular complexity index is 539. The quantitative estimate of drug-likeness (QED) is 0.799. The van der Waals surface area contributed by atoms with Crippen LogP contribution in [-0.4, -0.2) is 22.6 Å². The van der Waals surface area contributed by atoms with E-state index in [1.54, 1.807) is 6.07 Å². The number of hydrogen-bond acceptors (Lipinski definition) is 2. The number of halogens is 1. The lowest BCUT2D eigenvalue weighted by atomic mass is 10.0. The molecule has 0 unspecified atom stereocenters. The first kappa shape index (κ1) is 14.7. The van der Waals surface area contributed by atoms with Crippen molar-refractivity contribution in [3.05, 3.63) is 28.8 Å². The minimum absolute atomic E-state index is 0.0964. The average molecular weight is 297 g/mol. The molecule has 6 heteroatoms. The van der Waals surface area contributed by atoms with Gasteiger partial charge < -0.3 is 15.7 Å². The maximum absolute atomic E-state index is 12.0. The third kappa shape index (κ3) is 3.22. The molecule has 1 aliphatic rings. The molecule has 3 N–H and O–H groups in total. The highest BCUT2D eigenvalue weighted by atomic mass is 35.5. The van der Waals surface area contributed by atoms with Gasteiger partial charge in [0, 0.05) is 5.54 Å². The fourth-order valence-electron chi connectivity index (χ4n) is 2.55. The molecule has 0 bridgehead atoms. The molecule has 0 radical (unpaired) electrons. The van der Waals surface area contributed by atoms with Crippen LogP contribution in [0.2, 0.25) is 5.02 Å². The molecular weight excluding hydrogens is 280 g/mol. The van der Waals surface area contributed by atoms with E-state index in [1.807, 2.05) is 6.92 Å². The highest BCUT2D eigenvalue weighted by Gasteiger charge is 2.30. The van der Waals surface area contributed by atoms with Crippen molar-refractivity contribution >= 4 is 29.3 Å². The molecule has 1 saturated carbocycles. The first-order valence-corrected chi connectivity index (χ1v) is 6.90. The highest BCUT2D eigenvalue weighted by Crippen LogP contribution is 2.29. The Labute approximate surface area is 122 Å². The van der Waals surface area contributed by atoms with Crippen molar-refractivity contribution in [1.29, 1.82) is 0 Å². The van der Waals surface area contributed by atoms with E-state index in [2.05, 4.69) is 10.6 Å². The summed E-state index contributed by atoms with van der Waals surface area (Å²) < 4.78 is 0. The summed E-state index contributed by atoms with van der Waals surface area (Å²) in [6, 6.07) is 4.19. The number of anilines is 1. The van der Waals surface area contributed by atoms with Crippen LogP contribution in [0.4, 0.5) is 10.5 Å². The van der Waals surface area contributed by atoms with E-state index in [0.29, 0.717) is 0 Å². The van der Waals surface area contributed by atoms with Crippen LogP contribution in [0.1, 0.15) is 43.0 Å². The van der Waals surface area contributed by atoms with Crippen LogP contribution < -0.4 is 10.6 Å². The zero-order chi connectivity index (χ0) is 14.8. The molecule has 1 fully saturated rings. The van der Waals surface area contributed by atoms with E-state index in [1.165, 1.54) is 12.1 Å². The third-order valence-electron chi connectivity index (χ3n) is 3.60. The first-order valence-electron chi connectivity index (χ1n) is 6.52. The van der Waals surface area contributed by atoms with Crippen LogP contribution in [0, 0.1) is 0 Å². The van der Waals surface area contributed by atoms with E-state index in [4.69, 9.17) is 16.7 Å². The van der Waals surface area contributed by atoms with Crippen LogP contribution in [0.15, 0.2) is 18.2 Å². The van der Waals surface area contributed by atoms with Crippen molar-refractivity contribution in [3.63, 3.8) is 0 Å². The van der Waals surface area contributed by atoms with Crippen molar-refractivity contribution in [1.82, 2.24) is 5.32 Å². The summed E-state index contributed by atoms with van der Waals surface area (Å²) >= 11 is 5.85. The molecular formula is C14H17ClN2O3. The summed E-state index contributed by atoms with van der Waals surface area (Å²) in [6.45, 7) is 2.00. The van der Waals surface area contributed by atoms with Gasteiger partial charge in [-0.15, -0.1) is 0 Å². The van der Waals surface area contributed by atoms with E-state index in [-0.39, 0.29) is 21.8 Å². The highest BCUT2D eigenvalue weighted by molar-refractivity contribution is 6.34. The number of hydrogen-bond donors (Lipinski definition) is 3. The van der Waals surface area contributed by atoms with Crippen molar-refractivity contribution < 1.29 is 14.7 Å². The molecule has 1 aromatic rings. The molecule has 5 nitrogen and oxygen atoms in total. The molecule has 108 valence electrons. The second-order valence-corrected chi connectivity index (χ2v) is 5.72. The van der Waals surface area contributed by atoms with Crippen LogP contribution >= 0.6 is 11.6 Å². The number of carbonyl (C=O) groups excluding carboxylic acids is 1. The van der Waals surface area contributed by atoms with E-state index >= 15 is 0 Å². The fourth-order valence-corrected chi connectivity index (χ4v) is 2.81. The lowest BCUT2D eigenvalue weighted by molar-refractivity contribution is 0.0698. The van der Waals surface area contributed by atoms with Gasteiger partial charge in [0.25, 0.3) is 0 Å².